The molecule has 1 aromatic rings. The van der Waals surface area contributed by atoms with Crippen LogP contribution in [0, 0.1) is 0 Å². The third-order valence-electron chi connectivity index (χ3n) is 1.91. The van der Waals surface area contributed by atoms with Crippen LogP contribution in [0.3, 0.4) is 0 Å². The molecule has 0 saturated carbocycles. The van der Waals surface area contributed by atoms with Gasteiger partial charge in [-0.15, -0.1) is 0 Å². The lowest BCUT2D eigenvalue weighted by molar-refractivity contribution is 0.204. The van der Waals surface area contributed by atoms with E-state index in [4.69, 9.17) is 10.3 Å². The van der Waals surface area contributed by atoms with Crippen molar-refractivity contribution in [2.24, 2.45) is 5.11 Å². The lowest BCUT2D eigenvalue weighted by Gasteiger charge is -2.07. The summed E-state index contributed by atoms with van der Waals surface area (Å²) in [6.07, 6.45) is 0. The van der Waals surface area contributed by atoms with E-state index >= 15 is 0 Å². The molecule has 0 amide bonds. The second kappa shape index (κ2) is 6.21. The number of benzene rings is 1. The van der Waals surface area contributed by atoms with Crippen molar-refractivity contribution in [3.05, 3.63) is 34.7 Å². The van der Waals surface area contributed by atoms with Crippen molar-refractivity contribution in [1.82, 2.24) is 4.72 Å². The smallest absolute Gasteiger partial charge is 0.241 e. The Kier molecular flexibility index (Phi) is 4.92. The third kappa shape index (κ3) is 3.72. The van der Waals surface area contributed by atoms with Crippen LogP contribution in [0.4, 0.5) is 5.69 Å². The van der Waals surface area contributed by atoms with Crippen LogP contribution < -0.4 is 4.72 Å². The molecule has 0 bridgehead atoms. The second-order valence-electron chi connectivity index (χ2n) is 3.05. The van der Waals surface area contributed by atoms with Gasteiger partial charge in [0.2, 0.25) is 10.0 Å². The van der Waals surface area contributed by atoms with Crippen LogP contribution in [0.5, 0.6) is 0 Å². The maximum Gasteiger partial charge on any atom is 0.241 e. The summed E-state index contributed by atoms with van der Waals surface area (Å²) in [6, 6.07) is 5.96. The molecule has 0 spiro atoms. The average molecular weight is 256 g/mol. The first-order valence-electron chi connectivity index (χ1n) is 4.74. The first kappa shape index (κ1) is 13.5. The first-order chi connectivity index (χ1) is 8.11. The predicted octanol–water partition coefficient (Wildman–Crippen LogP) is 1.55. The number of rotatable bonds is 6. The summed E-state index contributed by atoms with van der Waals surface area (Å²) >= 11 is 0. The molecule has 0 radical (unpaired) electrons. The molecule has 0 aromatic heterocycles. The highest BCUT2D eigenvalue weighted by atomic mass is 32.2. The molecule has 0 aliphatic heterocycles. The highest BCUT2D eigenvalue weighted by Crippen LogP contribution is 2.23. The highest BCUT2D eigenvalue weighted by Gasteiger charge is 2.16. The largest absolute Gasteiger partial charge is 0.383 e. The number of nitrogens with zero attached hydrogens (tertiary/aromatic N) is 3. The number of methoxy groups -OCH3 is 1. The van der Waals surface area contributed by atoms with Gasteiger partial charge in [0, 0.05) is 18.6 Å². The fraction of sp³-hybridized carbons (Fsp3) is 0.333. The van der Waals surface area contributed by atoms with E-state index < -0.39 is 10.0 Å². The molecule has 0 fully saturated rings. The van der Waals surface area contributed by atoms with Gasteiger partial charge < -0.3 is 4.74 Å². The Bertz CT molecular complexity index is 523. The number of ether oxygens (including phenoxy) is 1. The van der Waals surface area contributed by atoms with Crippen LogP contribution in [0.1, 0.15) is 0 Å². The predicted molar refractivity (Wildman–Crippen MR) is 62.3 cm³/mol. The normalized spacial score (nSPS) is 10.9. The van der Waals surface area contributed by atoms with Crippen LogP contribution in [0.2, 0.25) is 0 Å². The molecule has 17 heavy (non-hydrogen) atoms. The zero-order chi connectivity index (χ0) is 12.7. The van der Waals surface area contributed by atoms with E-state index in [2.05, 4.69) is 14.7 Å². The Balaban J connectivity index is 3.02. The zero-order valence-electron chi connectivity index (χ0n) is 9.20. The molecule has 92 valence electrons. The number of sulfonamides is 1. The van der Waals surface area contributed by atoms with Crippen molar-refractivity contribution in [2.75, 3.05) is 20.3 Å². The molecular formula is C9H12N4O3S. The monoisotopic (exact) mass is 256 g/mol. The van der Waals surface area contributed by atoms with Gasteiger partial charge in [0.1, 0.15) is 0 Å². The third-order valence-corrected chi connectivity index (χ3v) is 3.41. The minimum Gasteiger partial charge on any atom is -0.383 e. The van der Waals surface area contributed by atoms with Gasteiger partial charge >= 0.3 is 0 Å². The van der Waals surface area contributed by atoms with Crippen LogP contribution in [-0.4, -0.2) is 28.7 Å². The van der Waals surface area contributed by atoms with Gasteiger partial charge in [0.25, 0.3) is 0 Å². The van der Waals surface area contributed by atoms with E-state index in [9.17, 15) is 8.42 Å². The van der Waals surface area contributed by atoms with Crippen molar-refractivity contribution in [1.29, 1.82) is 0 Å². The van der Waals surface area contributed by atoms with Gasteiger partial charge in [-0.25, -0.2) is 13.1 Å². The molecule has 8 heteroatoms. The minimum absolute atomic E-state index is 0.0473. The van der Waals surface area contributed by atoms with Crippen LogP contribution in [0.15, 0.2) is 34.3 Å². The summed E-state index contributed by atoms with van der Waals surface area (Å²) in [5.41, 5.74) is 8.42. The molecular weight excluding hydrogens is 244 g/mol. The van der Waals surface area contributed by atoms with Crippen LogP contribution in [0.25, 0.3) is 10.4 Å². The Morgan fingerprint density at radius 3 is 2.82 bits per heavy atom. The fourth-order valence-corrected chi connectivity index (χ4v) is 2.32. The highest BCUT2D eigenvalue weighted by molar-refractivity contribution is 7.89. The second-order valence-corrected chi connectivity index (χ2v) is 4.78. The van der Waals surface area contributed by atoms with Gasteiger partial charge in [-0.3, -0.25) is 0 Å². The van der Waals surface area contributed by atoms with Gasteiger partial charge in [-0.1, -0.05) is 23.3 Å². The van der Waals surface area contributed by atoms with Crippen molar-refractivity contribution in [2.45, 2.75) is 4.90 Å². The van der Waals surface area contributed by atoms with Crippen molar-refractivity contribution in [3.8, 4) is 0 Å². The first-order valence-corrected chi connectivity index (χ1v) is 6.23. The summed E-state index contributed by atoms with van der Waals surface area (Å²) in [5, 5.41) is 3.33. The molecule has 0 atom stereocenters. The summed E-state index contributed by atoms with van der Waals surface area (Å²) < 4.78 is 30.8. The summed E-state index contributed by atoms with van der Waals surface area (Å²) in [5.74, 6) is 0. The van der Waals surface area contributed by atoms with E-state index in [1.807, 2.05) is 0 Å². The summed E-state index contributed by atoms with van der Waals surface area (Å²) in [4.78, 5) is 2.54. The van der Waals surface area contributed by atoms with E-state index in [-0.39, 0.29) is 23.7 Å². The maximum absolute atomic E-state index is 11.9. The summed E-state index contributed by atoms with van der Waals surface area (Å²) in [6.45, 7) is 0.423. The van der Waals surface area contributed by atoms with Crippen molar-refractivity contribution < 1.29 is 13.2 Å². The van der Waals surface area contributed by atoms with E-state index in [0.717, 1.165) is 0 Å². The number of azide groups is 1. The number of nitrogens with one attached hydrogen (secondary N) is 1. The van der Waals surface area contributed by atoms with E-state index in [1.54, 1.807) is 12.1 Å². The quantitative estimate of drug-likeness (QED) is 0.361. The maximum atomic E-state index is 11.9. The topological polar surface area (TPSA) is 104 Å². The van der Waals surface area contributed by atoms with Crippen LogP contribution >= 0.6 is 0 Å². The SMILES string of the molecule is COCCNS(=O)(=O)c1ccccc1N=[N+]=[N-]. The molecule has 1 N–H and O–H groups in total. The molecule has 0 aliphatic rings. The number of hydrogen-bond donors (Lipinski definition) is 1. The van der Waals surface area contributed by atoms with Gasteiger partial charge in [0.15, 0.2) is 0 Å². The van der Waals surface area contributed by atoms with E-state index in [0.29, 0.717) is 0 Å². The molecule has 1 rings (SSSR count). The zero-order valence-corrected chi connectivity index (χ0v) is 10.0. The Labute approximate surface area is 99.1 Å². The Morgan fingerprint density at radius 1 is 1.47 bits per heavy atom. The minimum atomic E-state index is -3.68. The van der Waals surface area contributed by atoms with E-state index in [1.165, 1.54) is 19.2 Å². The lowest BCUT2D eigenvalue weighted by Crippen LogP contribution is -2.27. The molecule has 0 aliphatic carbocycles. The lowest BCUT2D eigenvalue weighted by atomic mass is 10.3. The molecule has 1 aromatic carbocycles. The van der Waals surface area contributed by atoms with Gasteiger partial charge in [-0.05, 0) is 11.6 Å². The molecule has 0 saturated heterocycles. The van der Waals surface area contributed by atoms with Crippen LogP contribution in [-0.2, 0) is 14.8 Å². The van der Waals surface area contributed by atoms with Gasteiger partial charge in [0.05, 0.1) is 17.2 Å². The molecule has 0 unspecified atom stereocenters. The van der Waals surface area contributed by atoms with Crippen molar-refractivity contribution in [3.63, 3.8) is 0 Å². The number of hydrogen-bond acceptors (Lipinski definition) is 4. The van der Waals surface area contributed by atoms with Gasteiger partial charge in [-0.2, -0.15) is 0 Å². The Hall–Kier alpha value is -1.60. The average Bonchev–Trinajstić information content (AvgIpc) is 2.30. The standard InChI is InChI=1S/C9H12N4O3S/c1-16-7-6-11-17(14,15)9-5-3-2-4-8(9)12-13-10/h2-5,11H,6-7H2,1H3. The Morgan fingerprint density at radius 2 is 2.18 bits per heavy atom. The van der Waals surface area contributed by atoms with Crippen molar-refractivity contribution >= 4 is 15.7 Å². The fourth-order valence-electron chi connectivity index (χ4n) is 1.17. The summed E-state index contributed by atoms with van der Waals surface area (Å²) in [7, 11) is -2.21. The molecule has 0 heterocycles. The molecule has 7 nitrogen and oxygen atoms in total.